The minimum atomic E-state index is -4.30. The van der Waals surface area contributed by atoms with Crippen LogP contribution in [0, 0.1) is 11.6 Å². The van der Waals surface area contributed by atoms with Crippen molar-refractivity contribution in [2.45, 2.75) is 17.9 Å². The fourth-order valence-electron chi connectivity index (χ4n) is 3.75. The summed E-state index contributed by atoms with van der Waals surface area (Å²) in [6.07, 6.45) is -0.264. The van der Waals surface area contributed by atoms with Crippen molar-refractivity contribution in [2.24, 2.45) is 7.05 Å². The van der Waals surface area contributed by atoms with Gasteiger partial charge >= 0.3 is 0 Å². The fourth-order valence-corrected chi connectivity index (χ4v) is 5.42. The van der Waals surface area contributed by atoms with Crippen molar-refractivity contribution in [3.63, 3.8) is 0 Å². The van der Waals surface area contributed by atoms with Gasteiger partial charge in [-0.25, -0.2) is 17.2 Å². The topological polar surface area (TPSA) is 99.4 Å². The quantitative estimate of drug-likeness (QED) is 0.309. The molecule has 0 aliphatic rings. The predicted octanol–water partition coefficient (Wildman–Crippen LogP) is 4.15. The van der Waals surface area contributed by atoms with Crippen LogP contribution in [-0.4, -0.2) is 42.8 Å². The second kappa shape index (κ2) is 10.7. The molecule has 0 amide bonds. The number of benzene rings is 3. The van der Waals surface area contributed by atoms with E-state index in [9.17, 15) is 17.2 Å². The first-order valence-electron chi connectivity index (χ1n) is 10.8. The second-order valence-electron chi connectivity index (χ2n) is 7.87. The van der Waals surface area contributed by atoms with E-state index in [1.165, 1.54) is 61.5 Å². The number of rotatable bonds is 9. The first-order valence-corrected chi connectivity index (χ1v) is 12.6. The zero-order valence-corrected chi connectivity index (χ0v) is 21.6. The summed E-state index contributed by atoms with van der Waals surface area (Å²) in [5.41, 5.74) is 0.172. The summed E-state index contributed by atoms with van der Waals surface area (Å²) < 4.78 is 68.6. The molecule has 3 aromatic carbocycles. The zero-order chi connectivity index (χ0) is 26.7. The van der Waals surface area contributed by atoms with Crippen molar-refractivity contribution in [1.29, 1.82) is 0 Å². The first kappa shape index (κ1) is 26.3. The molecule has 0 radical (unpaired) electrons. The molecule has 1 aromatic heterocycles. The molecule has 0 aliphatic carbocycles. The minimum Gasteiger partial charge on any atom is -0.493 e. The third-order valence-corrected chi connectivity index (χ3v) is 7.51. The first-order chi connectivity index (χ1) is 17.6. The Labute approximate surface area is 217 Å². The molecule has 4 aromatic rings. The molecule has 1 heterocycles. The molecule has 0 N–H and O–H groups in total. The van der Waals surface area contributed by atoms with Crippen LogP contribution in [0.3, 0.4) is 0 Å². The third kappa shape index (κ3) is 5.49. The lowest BCUT2D eigenvalue weighted by atomic mass is 10.0. The minimum absolute atomic E-state index is 0.101. The Morgan fingerprint density at radius 3 is 2.32 bits per heavy atom. The Balaban J connectivity index is 1.89. The molecule has 13 heteroatoms. The van der Waals surface area contributed by atoms with Crippen LogP contribution >= 0.6 is 11.6 Å². The smallest absolute Gasteiger partial charge is 0.264 e. The van der Waals surface area contributed by atoms with E-state index in [0.29, 0.717) is 5.75 Å². The Morgan fingerprint density at radius 2 is 1.70 bits per heavy atom. The van der Waals surface area contributed by atoms with Crippen molar-refractivity contribution < 1.29 is 26.7 Å². The van der Waals surface area contributed by atoms with Gasteiger partial charge in [-0.2, -0.15) is 4.80 Å². The van der Waals surface area contributed by atoms with Gasteiger partial charge in [0.25, 0.3) is 10.0 Å². The molecule has 0 fully saturated rings. The highest BCUT2D eigenvalue weighted by atomic mass is 35.5. The molecule has 0 saturated carbocycles. The second-order valence-corrected chi connectivity index (χ2v) is 10.2. The molecule has 9 nitrogen and oxygen atoms in total. The fraction of sp³-hybridized carbons (Fsp3) is 0.208. The van der Waals surface area contributed by atoms with E-state index < -0.39 is 21.7 Å². The van der Waals surface area contributed by atoms with Crippen LogP contribution in [0.2, 0.25) is 5.02 Å². The number of halogens is 3. The van der Waals surface area contributed by atoms with Crippen molar-refractivity contribution in [2.75, 3.05) is 18.5 Å². The maximum Gasteiger partial charge on any atom is 0.264 e. The summed E-state index contributed by atoms with van der Waals surface area (Å²) in [4.78, 5) is 1.07. The van der Waals surface area contributed by atoms with E-state index in [-0.39, 0.29) is 51.3 Å². The maximum absolute atomic E-state index is 14.5. The van der Waals surface area contributed by atoms with Crippen LogP contribution in [0.25, 0.3) is 0 Å². The van der Waals surface area contributed by atoms with E-state index in [0.717, 1.165) is 16.4 Å². The summed E-state index contributed by atoms with van der Waals surface area (Å²) >= 11 is 6.21. The number of nitrogens with zero attached hydrogens (tertiary/aromatic N) is 5. The molecule has 194 valence electrons. The maximum atomic E-state index is 14.5. The highest BCUT2D eigenvalue weighted by Crippen LogP contribution is 2.35. The molecule has 37 heavy (non-hydrogen) atoms. The van der Waals surface area contributed by atoms with Crippen LogP contribution in [0.1, 0.15) is 17.0 Å². The highest BCUT2D eigenvalue weighted by Gasteiger charge is 2.30. The Bertz CT molecular complexity index is 1530. The SMILES string of the molecule is COc1ccc(S(=O)(=O)N(Cc2nnn(C)n2)c2ccc(Cl)cc2Cc2c(F)cccc2F)cc1OC. The lowest BCUT2D eigenvalue weighted by molar-refractivity contribution is 0.354. The Morgan fingerprint density at radius 1 is 1.00 bits per heavy atom. The van der Waals surface area contributed by atoms with Gasteiger partial charge in [-0.1, -0.05) is 17.7 Å². The standard InChI is InChI=1S/C24H22ClF2N5O4S/c1-31-29-24(28-30-31)14-32(37(33,34)17-8-10-22(35-2)23(13-17)36-3)21-9-7-16(25)11-15(21)12-18-19(26)5-4-6-20(18)27/h4-11,13H,12,14H2,1-3H3. The number of aromatic nitrogens is 4. The molecule has 0 atom stereocenters. The van der Waals surface area contributed by atoms with Gasteiger partial charge in [0.15, 0.2) is 17.3 Å². The lowest BCUT2D eigenvalue weighted by Gasteiger charge is -2.26. The van der Waals surface area contributed by atoms with E-state index in [4.69, 9.17) is 21.1 Å². The number of ether oxygens (including phenoxy) is 2. The molecule has 0 aliphatic heterocycles. The summed E-state index contributed by atoms with van der Waals surface area (Å²) in [5.74, 6) is -0.895. The number of hydrogen-bond donors (Lipinski definition) is 0. The van der Waals surface area contributed by atoms with Crippen LogP contribution in [-0.2, 0) is 30.0 Å². The van der Waals surface area contributed by atoms with Gasteiger partial charge in [-0.15, -0.1) is 10.2 Å². The monoisotopic (exact) mass is 549 g/mol. The lowest BCUT2D eigenvalue weighted by Crippen LogP contribution is -2.32. The largest absolute Gasteiger partial charge is 0.493 e. The van der Waals surface area contributed by atoms with Gasteiger partial charge in [-0.3, -0.25) is 4.31 Å². The molecule has 0 spiro atoms. The van der Waals surface area contributed by atoms with E-state index in [1.807, 2.05) is 0 Å². The van der Waals surface area contributed by atoms with Gasteiger partial charge in [0.1, 0.15) is 11.6 Å². The van der Waals surface area contributed by atoms with Gasteiger partial charge in [-0.05, 0) is 53.2 Å². The van der Waals surface area contributed by atoms with Crippen LogP contribution in [0.5, 0.6) is 11.5 Å². The third-order valence-electron chi connectivity index (χ3n) is 5.52. The van der Waals surface area contributed by atoms with Gasteiger partial charge < -0.3 is 9.47 Å². The Hall–Kier alpha value is -3.77. The van der Waals surface area contributed by atoms with Crippen LogP contribution < -0.4 is 13.8 Å². The molecule has 0 saturated heterocycles. The van der Waals surface area contributed by atoms with Crippen molar-refractivity contribution in [1.82, 2.24) is 20.2 Å². The summed E-state index contributed by atoms with van der Waals surface area (Å²) in [5, 5.41) is 12.0. The number of sulfonamides is 1. The molecule has 4 rings (SSSR count). The summed E-state index contributed by atoms with van der Waals surface area (Å²) in [6.45, 7) is -0.321. The van der Waals surface area contributed by atoms with Gasteiger partial charge in [0.2, 0.25) is 0 Å². The number of aryl methyl sites for hydroxylation is 1. The van der Waals surface area contributed by atoms with Crippen LogP contribution in [0.4, 0.5) is 14.5 Å². The van der Waals surface area contributed by atoms with Gasteiger partial charge in [0, 0.05) is 23.1 Å². The summed E-state index contributed by atoms with van der Waals surface area (Å²) in [7, 11) is 0.0568. The zero-order valence-electron chi connectivity index (χ0n) is 20.0. The van der Waals surface area contributed by atoms with E-state index in [1.54, 1.807) is 7.05 Å². The average molecular weight is 550 g/mol. The van der Waals surface area contributed by atoms with Gasteiger partial charge in [0.05, 0.1) is 38.4 Å². The van der Waals surface area contributed by atoms with Crippen molar-refractivity contribution in [3.8, 4) is 11.5 Å². The molecular weight excluding hydrogens is 528 g/mol. The van der Waals surface area contributed by atoms with E-state index >= 15 is 0 Å². The molecule has 0 unspecified atom stereocenters. The average Bonchev–Trinajstić information content (AvgIpc) is 3.29. The number of hydrogen-bond acceptors (Lipinski definition) is 7. The molecular formula is C24H22ClF2N5O4S. The number of methoxy groups -OCH3 is 2. The number of anilines is 1. The number of tetrazole rings is 1. The highest BCUT2D eigenvalue weighted by molar-refractivity contribution is 7.92. The normalized spacial score (nSPS) is 11.4. The van der Waals surface area contributed by atoms with Crippen molar-refractivity contribution in [3.05, 3.63) is 88.2 Å². The van der Waals surface area contributed by atoms with Crippen LogP contribution in [0.15, 0.2) is 59.5 Å². The van der Waals surface area contributed by atoms with Crippen molar-refractivity contribution >= 4 is 27.3 Å². The van der Waals surface area contributed by atoms with E-state index in [2.05, 4.69) is 15.4 Å². The Kier molecular flexibility index (Phi) is 7.60. The predicted molar refractivity (Wildman–Crippen MR) is 132 cm³/mol. The summed E-state index contributed by atoms with van der Waals surface area (Å²) in [6, 6.07) is 12.1. The molecule has 0 bridgehead atoms.